The number of aryl methyl sites for hydroxylation is 1. The van der Waals surface area contributed by atoms with Gasteiger partial charge in [-0.25, -0.2) is 4.98 Å². The molecule has 1 aliphatic carbocycles. The maximum absolute atomic E-state index is 12.6. The number of carbonyl (C=O) groups is 2. The number of carbonyl (C=O) groups excluding carboxylic acids is 2. The van der Waals surface area contributed by atoms with Gasteiger partial charge in [-0.15, -0.1) is 11.3 Å². The Morgan fingerprint density at radius 1 is 1.26 bits per heavy atom. The Kier molecular flexibility index (Phi) is 5.43. The summed E-state index contributed by atoms with van der Waals surface area (Å²) < 4.78 is 37.8. The summed E-state index contributed by atoms with van der Waals surface area (Å²) in [7, 11) is 0. The predicted molar refractivity (Wildman–Crippen MR) is 97.2 cm³/mol. The monoisotopic (exact) mass is 417 g/mol. The number of aromatic nitrogens is 1. The fraction of sp³-hybridized carbons (Fsp3) is 0.353. The summed E-state index contributed by atoms with van der Waals surface area (Å²) in [6.45, 7) is 1.71. The zero-order valence-electron chi connectivity index (χ0n) is 14.1. The Labute approximate surface area is 161 Å². The van der Waals surface area contributed by atoms with E-state index in [1.165, 1.54) is 12.3 Å². The summed E-state index contributed by atoms with van der Waals surface area (Å²) in [6, 6.07) is 3.10. The second kappa shape index (κ2) is 7.47. The van der Waals surface area contributed by atoms with E-state index >= 15 is 0 Å². The van der Waals surface area contributed by atoms with Crippen LogP contribution >= 0.6 is 22.9 Å². The highest BCUT2D eigenvalue weighted by Gasteiger charge is 2.50. The van der Waals surface area contributed by atoms with Crippen molar-refractivity contribution in [1.29, 1.82) is 0 Å². The van der Waals surface area contributed by atoms with E-state index in [2.05, 4.69) is 15.6 Å². The Hall–Kier alpha value is -2.13. The second-order valence-corrected chi connectivity index (χ2v) is 7.61. The van der Waals surface area contributed by atoms with Gasteiger partial charge < -0.3 is 10.6 Å². The number of thiophene rings is 1. The smallest absolute Gasteiger partial charge is 0.324 e. The molecular weight excluding hydrogens is 403 g/mol. The second-order valence-electron chi connectivity index (χ2n) is 6.34. The highest BCUT2D eigenvalue weighted by molar-refractivity contribution is 7.13. The van der Waals surface area contributed by atoms with E-state index in [-0.39, 0.29) is 22.9 Å². The molecule has 0 atom stereocenters. The van der Waals surface area contributed by atoms with E-state index in [1.807, 2.05) is 0 Å². The number of nitrogens with one attached hydrogen (secondary N) is 2. The van der Waals surface area contributed by atoms with Gasteiger partial charge in [0.15, 0.2) is 0 Å². The van der Waals surface area contributed by atoms with Crippen LogP contribution in [0.4, 0.5) is 24.5 Å². The first kappa shape index (κ1) is 19.6. The Morgan fingerprint density at radius 3 is 2.56 bits per heavy atom. The quantitative estimate of drug-likeness (QED) is 0.696. The van der Waals surface area contributed by atoms with Gasteiger partial charge in [-0.1, -0.05) is 11.6 Å². The van der Waals surface area contributed by atoms with Crippen molar-refractivity contribution in [1.82, 2.24) is 4.98 Å². The number of hydrogen-bond acceptors (Lipinski definition) is 4. The highest BCUT2D eigenvalue weighted by Crippen LogP contribution is 2.45. The van der Waals surface area contributed by atoms with Crippen LogP contribution in [0, 0.1) is 18.8 Å². The lowest BCUT2D eigenvalue weighted by Crippen LogP contribution is -2.41. The first-order valence-corrected chi connectivity index (χ1v) is 9.29. The highest BCUT2D eigenvalue weighted by atomic mass is 35.5. The molecule has 0 aromatic carbocycles. The molecule has 0 spiro atoms. The maximum atomic E-state index is 12.6. The lowest BCUT2D eigenvalue weighted by molar-refractivity contribution is -0.203. The molecule has 0 saturated heterocycles. The normalized spacial score (nSPS) is 19.3. The van der Waals surface area contributed by atoms with Crippen LogP contribution in [0.15, 0.2) is 23.7 Å². The number of alkyl halides is 3. The summed E-state index contributed by atoms with van der Waals surface area (Å²) >= 11 is 6.84. The van der Waals surface area contributed by atoms with E-state index < -0.39 is 29.8 Å². The molecule has 144 valence electrons. The third-order valence-electron chi connectivity index (χ3n) is 4.39. The average Bonchev–Trinajstić information content (AvgIpc) is 2.88. The minimum absolute atomic E-state index is 0.226. The number of hydrogen-bond donors (Lipinski definition) is 2. The number of pyridine rings is 1. The van der Waals surface area contributed by atoms with Crippen molar-refractivity contribution >= 4 is 46.1 Å². The van der Waals surface area contributed by atoms with Gasteiger partial charge in [0.25, 0.3) is 5.91 Å². The van der Waals surface area contributed by atoms with Gasteiger partial charge in [-0.3, -0.25) is 9.59 Å². The lowest BCUT2D eigenvalue weighted by Gasteiger charge is -2.35. The first-order chi connectivity index (χ1) is 12.6. The molecule has 2 amide bonds. The van der Waals surface area contributed by atoms with Crippen LogP contribution in [0.3, 0.4) is 0 Å². The van der Waals surface area contributed by atoms with Crippen molar-refractivity contribution < 1.29 is 22.8 Å². The number of nitrogens with zero attached hydrogens (tertiary/aromatic N) is 1. The third kappa shape index (κ3) is 4.41. The minimum Gasteiger partial charge on any atom is -0.324 e. The van der Waals surface area contributed by atoms with E-state index in [1.54, 1.807) is 18.4 Å². The summed E-state index contributed by atoms with van der Waals surface area (Å²) in [5.41, 5.74) is 1.42. The summed E-state index contributed by atoms with van der Waals surface area (Å²) in [6.07, 6.45) is -3.33. The van der Waals surface area contributed by atoms with E-state index in [0.717, 1.165) is 11.3 Å². The van der Waals surface area contributed by atoms with Crippen LogP contribution in [-0.4, -0.2) is 23.0 Å². The van der Waals surface area contributed by atoms with E-state index in [0.29, 0.717) is 16.9 Å². The summed E-state index contributed by atoms with van der Waals surface area (Å²) in [5, 5.41) is 7.24. The molecule has 2 N–H and O–H groups in total. The molecule has 10 heteroatoms. The number of halogens is 4. The van der Waals surface area contributed by atoms with Gasteiger partial charge in [0.2, 0.25) is 5.91 Å². The average molecular weight is 418 g/mol. The van der Waals surface area contributed by atoms with Crippen molar-refractivity contribution in [3.8, 4) is 0 Å². The fourth-order valence-corrected chi connectivity index (χ4v) is 3.74. The SMILES string of the molecule is Cc1csc(C(=O)Nc2ccc(Cl)nc2)c1NC(=O)C1CC(C(F)(F)F)C1. The molecule has 1 aliphatic rings. The zero-order chi connectivity index (χ0) is 19.8. The van der Waals surface area contributed by atoms with E-state index in [9.17, 15) is 22.8 Å². The molecule has 0 aliphatic heterocycles. The molecule has 1 saturated carbocycles. The van der Waals surface area contributed by atoms with Gasteiger partial charge in [-0.2, -0.15) is 13.2 Å². The van der Waals surface area contributed by atoms with E-state index in [4.69, 9.17) is 11.6 Å². The molecule has 2 aromatic heterocycles. The van der Waals surface area contributed by atoms with Gasteiger partial charge in [-0.05, 0) is 42.8 Å². The van der Waals surface area contributed by atoms with Crippen molar-refractivity contribution in [3.05, 3.63) is 39.3 Å². The van der Waals surface area contributed by atoms with Crippen molar-refractivity contribution in [2.24, 2.45) is 11.8 Å². The van der Waals surface area contributed by atoms with Crippen LogP contribution < -0.4 is 10.6 Å². The number of rotatable bonds is 4. The lowest BCUT2D eigenvalue weighted by atomic mass is 9.74. The van der Waals surface area contributed by atoms with Crippen molar-refractivity contribution in [3.63, 3.8) is 0 Å². The van der Waals surface area contributed by atoms with Gasteiger partial charge in [0.1, 0.15) is 10.0 Å². The zero-order valence-corrected chi connectivity index (χ0v) is 15.6. The van der Waals surface area contributed by atoms with Crippen molar-refractivity contribution in [2.75, 3.05) is 10.6 Å². The largest absolute Gasteiger partial charge is 0.391 e. The first-order valence-electron chi connectivity index (χ1n) is 8.03. The molecule has 1 fully saturated rings. The number of anilines is 2. The topological polar surface area (TPSA) is 71.1 Å². The standard InChI is InChI=1S/C17H15ClF3N3O2S/c1-8-7-27-14(16(26)23-11-2-3-12(18)22-6-11)13(8)24-15(25)9-4-10(5-9)17(19,20)21/h2-3,6-7,9-10H,4-5H2,1H3,(H,23,26)(H,24,25). The van der Waals surface area contributed by atoms with Crippen LogP contribution in [0.5, 0.6) is 0 Å². The van der Waals surface area contributed by atoms with Crippen molar-refractivity contribution in [2.45, 2.75) is 25.9 Å². The maximum Gasteiger partial charge on any atom is 0.391 e. The fourth-order valence-electron chi connectivity index (χ4n) is 2.73. The third-order valence-corrected chi connectivity index (χ3v) is 5.71. The molecule has 5 nitrogen and oxygen atoms in total. The van der Waals surface area contributed by atoms with Crippen LogP contribution in [0.2, 0.25) is 5.15 Å². The molecule has 2 aromatic rings. The van der Waals surface area contributed by atoms with Crippen LogP contribution in [-0.2, 0) is 4.79 Å². The molecule has 0 radical (unpaired) electrons. The Bertz CT molecular complexity index is 861. The van der Waals surface area contributed by atoms with Gasteiger partial charge in [0.05, 0.1) is 23.5 Å². The van der Waals surface area contributed by atoms with Crippen LogP contribution in [0.1, 0.15) is 28.1 Å². The molecule has 2 heterocycles. The minimum atomic E-state index is -4.27. The van der Waals surface area contributed by atoms with Gasteiger partial charge in [0, 0.05) is 5.92 Å². The van der Waals surface area contributed by atoms with Gasteiger partial charge >= 0.3 is 6.18 Å². The Balaban J connectivity index is 1.67. The Morgan fingerprint density at radius 2 is 1.96 bits per heavy atom. The summed E-state index contributed by atoms with van der Waals surface area (Å²) in [5.74, 6) is -3.09. The molecule has 3 rings (SSSR count). The molecule has 0 bridgehead atoms. The predicted octanol–water partition coefficient (Wildman–Crippen LogP) is 4.88. The molecule has 0 unspecified atom stereocenters. The molecular formula is C17H15ClF3N3O2S. The molecule has 27 heavy (non-hydrogen) atoms. The summed E-state index contributed by atoms with van der Waals surface area (Å²) in [4.78, 5) is 28.9. The number of amides is 2. The van der Waals surface area contributed by atoms with Crippen LogP contribution in [0.25, 0.3) is 0 Å².